The molecule has 0 radical (unpaired) electrons. The van der Waals surface area contributed by atoms with Crippen LogP contribution in [-0.2, 0) is 16.0 Å². The predicted molar refractivity (Wildman–Crippen MR) is 123 cm³/mol. The van der Waals surface area contributed by atoms with Crippen molar-refractivity contribution in [3.8, 4) is 23.0 Å². The summed E-state index contributed by atoms with van der Waals surface area (Å²) in [6, 6.07) is 12.6. The Morgan fingerprint density at radius 3 is 2.09 bits per heavy atom. The lowest BCUT2D eigenvalue weighted by molar-refractivity contribution is -0.135. The van der Waals surface area contributed by atoms with Crippen LogP contribution in [-0.4, -0.2) is 26.2 Å². The molecular weight excluding hydrogens is 432 g/mol. The predicted octanol–water partition coefficient (Wildman–Crippen LogP) is 5.67. The van der Waals surface area contributed by atoms with Gasteiger partial charge in [0.15, 0.2) is 11.5 Å². The highest BCUT2D eigenvalue weighted by atomic mass is 35.5. The highest BCUT2D eigenvalue weighted by molar-refractivity contribution is 6.31. The van der Waals surface area contributed by atoms with Gasteiger partial charge in [-0.25, -0.2) is 0 Å². The summed E-state index contributed by atoms with van der Waals surface area (Å²) in [5.74, 6) is -0.251. The maximum Gasteiger partial charge on any atom is 0.315 e. The molecule has 3 aromatic carbocycles. The third kappa shape index (κ3) is 4.97. The van der Waals surface area contributed by atoms with Crippen molar-refractivity contribution >= 4 is 34.3 Å². The molecule has 3 rings (SSSR count). The van der Waals surface area contributed by atoms with Crippen LogP contribution in [0.2, 0.25) is 5.02 Å². The minimum Gasteiger partial charge on any atom is -0.490 e. The first-order chi connectivity index (χ1) is 15.4. The summed E-state index contributed by atoms with van der Waals surface area (Å²) in [6.45, 7) is 3.81. The van der Waals surface area contributed by atoms with Crippen molar-refractivity contribution in [3.63, 3.8) is 0 Å². The zero-order chi connectivity index (χ0) is 23.3. The molecule has 168 valence electrons. The van der Waals surface area contributed by atoms with E-state index in [9.17, 15) is 9.59 Å². The van der Waals surface area contributed by atoms with E-state index in [1.54, 1.807) is 18.2 Å². The van der Waals surface area contributed by atoms with E-state index in [1.807, 2.05) is 38.1 Å². The minimum absolute atomic E-state index is 0.0768. The zero-order valence-electron chi connectivity index (χ0n) is 18.5. The summed E-state index contributed by atoms with van der Waals surface area (Å²) >= 11 is 6.23. The van der Waals surface area contributed by atoms with Crippen LogP contribution in [0.3, 0.4) is 0 Å². The van der Waals surface area contributed by atoms with Gasteiger partial charge in [0.05, 0.1) is 20.6 Å². The lowest BCUT2D eigenvalue weighted by atomic mass is 10.1. The molecule has 32 heavy (non-hydrogen) atoms. The molecule has 0 aliphatic carbocycles. The van der Waals surface area contributed by atoms with Gasteiger partial charge in [-0.1, -0.05) is 42.8 Å². The van der Waals surface area contributed by atoms with Gasteiger partial charge in [0.1, 0.15) is 0 Å². The van der Waals surface area contributed by atoms with Crippen molar-refractivity contribution in [2.75, 3.05) is 14.2 Å². The van der Waals surface area contributed by atoms with Gasteiger partial charge < -0.3 is 18.9 Å². The Kier molecular flexibility index (Phi) is 7.59. The highest BCUT2D eigenvalue weighted by Gasteiger charge is 2.27. The third-order valence-electron chi connectivity index (χ3n) is 4.98. The monoisotopic (exact) mass is 456 g/mol. The van der Waals surface area contributed by atoms with Crippen molar-refractivity contribution in [2.45, 2.75) is 33.1 Å². The van der Waals surface area contributed by atoms with Gasteiger partial charge in [-0.2, -0.15) is 0 Å². The van der Waals surface area contributed by atoms with Gasteiger partial charge >= 0.3 is 11.9 Å². The number of esters is 2. The van der Waals surface area contributed by atoms with Crippen molar-refractivity contribution in [1.82, 2.24) is 0 Å². The number of methoxy groups -OCH3 is 2. The summed E-state index contributed by atoms with van der Waals surface area (Å²) in [5, 5.41) is 1.40. The van der Waals surface area contributed by atoms with Crippen LogP contribution in [0.4, 0.5) is 0 Å². The Labute approximate surface area is 192 Å². The fraction of sp³-hybridized carbons (Fsp3) is 0.280. The second-order valence-electron chi connectivity index (χ2n) is 7.22. The van der Waals surface area contributed by atoms with E-state index in [2.05, 4.69) is 0 Å². The molecule has 0 unspecified atom stereocenters. The van der Waals surface area contributed by atoms with Crippen LogP contribution >= 0.6 is 11.6 Å². The first-order valence-corrected chi connectivity index (χ1v) is 10.6. The Bertz CT molecular complexity index is 1150. The van der Waals surface area contributed by atoms with E-state index in [4.69, 9.17) is 30.5 Å². The van der Waals surface area contributed by atoms with Crippen molar-refractivity contribution in [1.29, 1.82) is 0 Å². The summed E-state index contributed by atoms with van der Waals surface area (Å²) in [4.78, 5) is 25.1. The van der Waals surface area contributed by atoms with Crippen LogP contribution in [0.5, 0.6) is 23.0 Å². The van der Waals surface area contributed by atoms with Gasteiger partial charge in [0.25, 0.3) is 0 Å². The average molecular weight is 457 g/mol. The molecule has 0 aromatic heterocycles. The summed E-state index contributed by atoms with van der Waals surface area (Å²) in [7, 11) is 2.85. The van der Waals surface area contributed by atoms with Crippen LogP contribution < -0.4 is 18.9 Å². The van der Waals surface area contributed by atoms with E-state index in [1.165, 1.54) is 14.2 Å². The maximum atomic E-state index is 12.8. The molecule has 0 spiro atoms. The minimum atomic E-state index is -0.475. The Morgan fingerprint density at radius 1 is 0.844 bits per heavy atom. The molecule has 0 N–H and O–H groups in total. The van der Waals surface area contributed by atoms with E-state index in [0.717, 1.165) is 11.1 Å². The molecule has 0 fully saturated rings. The van der Waals surface area contributed by atoms with Gasteiger partial charge in [-0.05, 0) is 42.7 Å². The average Bonchev–Trinajstić information content (AvgIpc) is 2.76. The number of rotatable bonds is 8. The van der Waals surface area contributed by atoms with Crippen LogP contribution in [0.1, 0.15) is 30.9 Å². The molecular formula is C25H25ClO6. The fourth-order valence-electron chi connectivity index (χ4n) is 3.41. The SMILES string of the molecule is CCCC(=O)Oc1c(OC)c(OC)c(OC(=O)Cc2ccccc2C)c2cc(Cl)ccc12. The number of halogens is 1. The Balaban J connectivity index is 2.12. The van der Waals surface area contributed by atoms with Gasteiger partial charge in [-0.3, -0.25) is 9.59 Å². The normalized spacial score (nSPS) is 10.7. The largest absolute Gasteiger partial charge is 0.490 e. The molecule has 0 saturated carbocycles. The number of benzene rings is 3. The first kappa shape index (κ1) is 23.4. The van der Waals surface area contributed by atoms with E-state index in [-0.39, 0.29) is 35.8 Å². The molecule has 7 heteroatoms. The van der Waals surface area contributed by atoms with E-state index in [0.29, 0.717) is 22.2 Å². The smallest absolute Gasteiger partial charge is 0.315 e. The maximum absolute atomic E-state index is 12.8. The number of carbonyl (C=O) groups is 2. The van der Waals surface area contributed by atoms with Crippen molar-refractivity contribution in [2.24, 2.45) is 0 Å². The van der Waals surface area contributed by atoms with Gasteiger partial charge in [0.2, 0.25) is 11.5 Å². The lowest BCUT2D eigenvalue weighted by Gasteiger charge is -2.19. The zero-order valence-corrected chi connectivity index (χ0v) is 19.2. The number of hydrogen-bond donors (Lipinski definition) is 0. The third-order valence-corrected chi connectivity index (χ3v) is 5.21. The topological polar surface area (TPSA) is 71.1 Å². The second-order valence-corrected chi connectivity index (χ2v) is 7.65. The number of hydrogen-bond acceptors (Lipinski definition) is 6. The summed E-state index contributed by atoms with van der Waals surface area (Å²) in [6.07, 6.45) is 0.956. The number of fused-ring (bicyclic) bond motifs is 1. The standard InChI is InChI=1S/C25H25ClO6/c1-5-8-20(27)31-22-18-12-11-17(26)14-19(18)23(25(30-4)24(22)29-3)32-21(28)13-16-10-7-6-9-15(16)2/h6-7,9-12,14H,5,8,13H2,1-4H3. The molecule has 0 aliphatic heterocycles. The fourth-order valence-corrected chi connectivity index (χ4v) is 3.58. The molecule has 0 amide bonds. The Hall–Kier alpha value is -3.25. The molecule has 0 saturated heterocycles. The van der Waals surface area contributed by atoms with Crippen molar-refractivity contribution < 1.29 is 28.5 Å². The Morgan fingerprint density at radius 2 is 1.47 bits per heavy atom. The first-order valence-electron chi connectivity index (χ1n) is 10.2. The molecule has 0 atom stereocenters. The quantitative estimate of drug-likeness (QED) is 0.321. The van der Waals surface area contributed by atoms with E-state index < -0.39 is 11.9 Å². The van der Waals surface area contributed by atoms with Gasteiger partial charge in [0, 0.05) is 22.2 Å². The molecule has 3 aromatic rings. The van der Waals surface area contributed by atoms with Crippen molar-refractivity contribution in [3.05, 3.63) is 58.6 Å². The summed E-state index contributed by atoms with van der Waals surface area (Å²) < 4.78 is 22.4. The number of carbonyl (C=O) groups excluding carboxylic acids is 2. The van der Waals surface area contributed by atoms with Crippen LogP contribution in [0.25, 0.3) is 10.8 Å². The summed E-state index contributed by atoms with van der Waals surface area (Å²) in [5.41, 5.74) is 1.84. The number of aryl methyl sites for hydroxylation is 1. The molecule has 0 heterocycles. The molecule has 0 bridgehead atoms. The van der Waals surface area contributed by atoms with E-state index >= 15 is 0 Å². The van der Waals surface area contributed by atoms with Crippen LogP contribution in [0, 0.1) is 6.92 Å². The molecule has 0 aliphatic rings. The van der Waals surface area contributed by atoms with Crippen LogP contribution in [0.15, 0.2) is 42.5 Å². The molecule has 6 nitrogen and oxygen atoms in total. The highest BCUT2D eigenvalue weighted by Crippen LogP contribution is 2.51. The lowest BCUT2D eigenvalue weighted by Crippen LogP contribution is -2.14. The number of ether oxygens (including phenoxy) is 4. The second kappa shape index (κ2) is 10.4. The van der Waals surface area contributed by atoms with Gasteiger partial charge in [-0.15, -0.1) is 0 Å².